The molecular formula is C7H13F3N2S. The Labute approximate surface area is 80.9 Å². The van der Waals surface area contributed by atoms with Crippen molar-refractivity contribution in [1.29, 1.82) is 0 Å². The predicted molar refractivity (Wildman–Crippen MR) is 49.5 cm³/mol. The van der Waals surface area contributed by atoms with Crippen molar-refractivity contribution in [3.8, 4) is 0 Å². The molecule has 0 saturated carbocycles. The normalized spacial score (nSPS) is 12.5. The standard InChI is InChI=1S/C7H13F3N2S/c1-4-11-5(13)12-6(2,3)7(8,9)10/h4H2,1-3H3,(H2,11,12,13). The van der Waals surface area contributed by atoms with Crippen molar-refractivity contribution in [1.82, 2.24) is 10.6 Å². The Morgan fingerprint density at radius 1 is 1.31 bits per heavy atom. The van der Waals surface area contributed by atoms with E-state index in [0.29, 0.717) is 6.54 Å². The van der Waals surface area contributed by atoms with Crippen molar-refractivity contribution >= 4 is 17.3 Å². The summed E-state index contributed by atoms with van der Waals surface area (Å²) in [5.41, 5.74) is -1.99. The summed E-state index contributed by atoms with van der Waals surface area (Å²) in [6, 6.07) is 0. The number of rotatable bonds is 2. The van der Waals surface area contributed by atoms with Crippen LogP contribution in [0.3, 0.4) is 0 Å². The summed E-state index contributed by atoms with van der Waals surface area (Å²) >= 11 is 4.65. The van der Waals surface area contributed by atoms with Crippen LogP contribution in [0.25, 0.3) is 0 Å². The van der Waals surface area contributed by atoms with Crippen molar-refractivity contribution in [2.75, 3.05) is 6.54 Å². The van der Waals surface area contributed by atoms with Crippen LogP contribution in [0.5, 0.6) is 0 Å². The molecule has 0 heterocycles. The van der Waals surface area contributed by atoms with E-state index in [4.69, 9.17) is 0 Å². The maximum absolute atomic E-state index is 12.3. The molecule has 0 saturated heterocycles. The van der Waals surface area contributed by atoms with Gasteiger partial charge < -0.3 is 10.6 Å². The highest BCUT2D eigenvalue weighted by atomic mass is 32.1. The summed E-state index contributed by atoms with van der Waals surface area (Å²) in [5, 5.41) is 4.80. The fourth-order valence-electron chi connectivity index (χ4n) is 0.559. The minimum atomic E-state index is -4.31. The lowest BCUT2D eigenvalue weighted by atomic mass is 10.1. The van der Waals surface area contributed by atoms with Crippen LogP contribution in [0.4, 0.5) is 13.2 Å². The van der Waals surface area contributed by atoms with Crippen molar-refractivity contribution in [3.63, 3.8) is 0 Å². The molecule has 0 amide bonds. The second-order valence-corrected chi connectivity index (χ2v) is 3.52. The first-order chi connectivity index (χ1) is 5.70. The van der Waals surface area contributed by atoms with Gasteiger partial charge in [0.15, 0.2) is 5.11 Å². The van der Waals surface area contributed by atoms with Gasteiger partial charge in [-0.15, -0.1) is 0 Å². The fourth-order valence-corrected chi connectivity index (χ4v) is 0.959. The number of alkyl halides is 3. The third kappa shape index (κ3) is 3.80. The summed E-state index contributed by atoms with van der Waals surface area (Å²) in [6.45, 7) is 4.33. The number of thiocarbonyl (C=S) groups is 1. The van der Waals surface area contributed by atoms with E-state index in [2.05, 4.69) is 22.9 Å². The SMILES string of the molecule is CCNC(=S)NC(C)(C)C(F)(F)F. The quantitative estimate of drug-likeness (QED) is 0.685. The molecule has 0 unspecified atom stereocenters. The number of hydrogen-bond donors (Lipinski definition) is 2. The van der Waals surface area contributed by atoms with Crippen molar-refractivity contribution in [2.45, 2.75) is 32.5 Å². The molecule has 0 radical (unpaired) electrons. The molecule has 0 fully saturated rings. The lowest BCUT2D eigenvalue weighted by Crippen LogP contribution is -2.56. The molecule has 6 heteroatoms. The Balaban J connectivity index is 4.26. The maximum Gasteiger partial charge on any atom is 0.410 e. The van der Waals surface area contributed by atoms with Gasteiger partial charge in [-0.05, 0) is 33.0 Å². The Morgan fingerprint density at radius 2 is 1.77 bits per heavy atom. The van der Waals surface area contributed by atoms with Crippen molar-refractivity contribution in [3.05, 3.63) is 0 Å². The van der Waals surface area contributed by atoms with Gasteiger partial charge >= 0.3 is 6.18 Å². The zero-order valence-corrected chi connectivity index (χ0v) is 8.57. The van der Waals surface area contributed by atoms with Gasteiger partial charge in [-0.1, -0.05) is 0 Å². The smallest absolute Gasteiger partial charge is 0.363 e. The van der Waals surface area contributed by atoms with Crippen LogP contribution in [0.15, 0.2) is 0 Å². The second kappa shape index (κ2) is 4.13. The van der Waals surface area contributed by atoms with Gasteiger partial charge in [-0.3, -0.25) is 0 Å². The molecule has 0 spiro atoms. The van der Waals surface area contributed by atoms with E-state index in [1.807, 2.05) is 0 Å². The van der Waals surface area contributed by atoms with Crippen LogP contribution in [-0.4, -0.2) is 23.4 Å². The number of nitrogens with one attached hydrogen (secondary N) is 2. The maximum atomic E-state index is 12.3. The minimum Gasteiger partial charge on any atom is -0.363 e. The van der Waals surface area contributed by atoms with Crippen LogP contribution >= 0.6 is 12.2 Å². The second-order valence-electron chi connectivity index (χ2n) is 3.11. The predicted octanol–water partition coefficient (Wildman–Crippen LogP) is 1.81. The molecule has 0 aliphatic heterocycles. The van der Waals surface area contributed by atoms with E-state index in [1.54, 1.807) is 6.92 Å². The molecule has 13 heavy (non-hydrogen) atoms. The fraction of sp³-hybridized carbons (Fsp3) is 0.857. The Morgan fingerprint density at radius 3 is 2.08 bits per heavy atom. The molecular weight excluding hydrogens is 201 g/mol. The average molecular weight is 214 g/mol. The highest BCUT2D eigenvalue weighted by Crippen LogP contribution is 2.29. The largest absolute Gasteiger partial charge is 0.410 e. The third-order valence-corrected chi connectivity index (χ3v) is 1.72. The first-order valence-corrected chi connectivity index (χ1v) is 4.24. The molecule has 0 rings (SSSR count). The number of hydrogen-bond acceptors (Lipinski definition) is 1. The zero-order valence-electron chi connectivity index (χ0n) is 7.75. The van der Waals surface area contributed by atoms with E-state index < -0.39 is 11.7 Å². The summed E-state index contributed by atoms with van der Waals surface area (Å²) in [5.74, 6) is 0. The summed E-state index contributed by atoms with van der Waals surface area (Å²) in [4.78, 5) is 0. The van der Waals surface area contributed by atoms with Gasteiger partial charge in [0, 0.05) is 6.54 Å². The van der Waals surface area contributed by atoms with Gasteiger partial charge in [0.05, 0.1) is 0 Å². The summed E-state index contributed by atoms with van der Waals surface area (Å²) < 4.78 is 36.9. The molecule has 2 N–H and O–H groups in total. The van der Waals surface area contributed by atoms with Crippen molar-refractivity contribution in [2.24, 2.45) is 0 Å². The van der Waals surface area contributed by atoms with E-state index in [1.165, 1.54) is 0 Å². The first-order valence-electron chi connectivity index (χ1n) is 3.83. The van der Waals surface area contributed by atoms with Crippen molar-refractivity contribution < 1.29 is 13.2 Å². The Hall–Kier alpha value is -0.520. The first kappa shape index (κ1) is 12.5. The monoisotopic (exact) mass is 214 g/mol. The highest BCUT2D eigenvalue weighted by Gasteiger charge is 2.47. The van der Waals surface area contributed by atoms with E-state index in [-0.39, 0.29) is 5.11 Å². The van der Waals surface area contributed by atoms with Gasteiger partial charge in [-0.25, -0.2) is 0 Å². The summed E-state index contributed by atoms with van der Waals surface area (Å²) in [6.07, 6.45) is -4.31. The van der Waals surface area contributed by atoms with E-state index in [9.17, 15) is 13.2 Å². The molecule has 78 valence electrons. The molecule has 0 aliphatic rings. The Kier molecular flexibility index (Phi) is 3.96. The van der Waals surface area contributed by atoms with Crippen LogP contribution in [0.1, 0.15) is 20.8 Å². The van der Waals surface area contributed by atoms with Crippen LogP contribution in [0.2, 0.25) is 0 Å². The van der Waals surface area contributed by atoms with Crippen LogP contribution in [0, 0.1) is 0 Å². The van der Waals surface area contributed by atoms with Gasteiger partial charge in [-0.2, -0.15) is 13.2 Å². The number of halogens is 3. The lowest BCUT2D eigenvalue weighted by Gasteiger charge is -2.30. The van der Waals surface area contributed by atoms with E-state index in [0.717, 1.165) is 13.8 Å². The Bertz CT molecular complexity index is 189. The molecule has 2 nitrogen and oxygen atoms in total. The zero-order chi connectivity index (χ0) is 10.7. The topological polar surface area (TPSA) is 24.1 Å². The third-order valence-electron chi connectivity index (χ3n) is 1.47. The highest BCUT2D eigenvalue weighted by molar-refractivity contribution is 7.80. The molecule has 0 atom stereocenters. The molecule has 0 aromatic carbocycles. The van der Waals surface area contributed by atoms with Gasteiger partial charge in [0.1, 0.15) is 5.54 Å². The average Bonchev–Trinajstić information content (AvgIpc) is 1.83. The molecule has 0 aromatic rings. The molecule has 0 aromatic heterocycles. The lowest BCUT2D eigenvalue weighted by molar-refractivity contribution is -0.181. The van der Waals surface area contributed by atoms with E-state index >= 15 is 0 Å². The minimum absolute atomic E-state index is 0.0184. The molecule has 0 aliphatic carbocycles. The van der Waals surface area contributed by atoms with Gasteiger partial charge in [0.25, 0.3) is 0 Å². The molecule has 0 bridgehead atoms. The van der Waals surface area contributed by atoms with Gasteiger partial charge in [0.2, 0.25) is 0 Å². The van der Waals surface area contributed by atoms with Crippen LogP contribution in [-0.2, 0) is 0 Å². The summed E-state index contributed by atoms with van der Waals surface area (Å²) in [7, 11) is 0. The van der Waals surface area contributed by atoms with Crippen LogP contribution < -0.4 is 10.6 Å².